The van der Waals surface area contributed by atoms with Crippen molar-refractivity contribution in [2.75, 3.05) is 13.1 Å². The highest BCUT2D eigenvalue weighted by Crippen LogP contribution is 2.21. The molecule has 1 saturated heterocycles. The van der Waals surface area contributed by atoms with E-state index in [-0.39, 0.29) is 23.9 Å². The summed E-state index contributed by atoms with van der Waals surface area (Å²) in [7, 11) is 0. The number of ether oxygens (including phenoxy) is 1. The topological polar surface area (TPSA) is 59.5 Å². The fourth-order valence-corrected chi connectivity index (χ4v) is 2.98. The summed E-state index contributed by atoms with van der Waals surface area (Å²) < 4.78 is 5.53. The highest BCUT2D eigenvalue weighted by molar-refractivity contribution is 5.92. The number of esters is 1. The standard InChI is InChI=1S/C18H26N2O3/c1-13(2)12-14(3)23-18(22)15-7-10-20(11-8-15)17(21)16-6-4-5-9-19-16/h4-6,9,13-15H,7-8,10-12H2,1-3H3/t14-/m1/s1. The molecule has 23 heavy (non-hydrogen) atoms. The zero-order valence-electron chi connectivity index (χ0n) is 14.2. The third-order valence-electron chi connectivity index (χ3n) is 4.12. The number of amides is 1. The molecule has 0 bridgehead atoms. The Morgan fingerprint density at radius 2 is 1.96 bits per heavy atom. The molecule has 1 fully saturated rings. The molecule has 1 aromatic heterocycles. The largest absolute Gasteiger partial charge is 0.462 e. The van der Waals surface area contributed by atoms with Gasteiger partial charge in [-0.05, 0) is 44.2 Å². The molecule has 2 heterocycles. The Labute approximate surface area is 138 Å². The van der Waals surface area contributed by atoms with E-state index in [0.29, 0.717) is 37.5 Å². The Bertz CT molecular complexity index is 522. The van der Waals surface area contributed by atoms with Crippen LogP contribution in [0.2, 0.25) is 0 Å². The lowest BCUT2D eigenvalue weighted by Crippen LogP contribution is -2.41. The Morgan fingerprint density at radius 1 is 1.26 bits per heavy atom. The predicted octanol–water partition coefficient (Wildman–Crippen LogP) is 2.91. The number of likely N-dealkylation sites (tertiary alicyclic amines) is 1. The van der Waals surface area contributed by atoms with Gasteiger partial charge in [0.05, 0.1) is 12.0 Å². The molecule has 0 aromatic carbocycles. The van der Waals surface area contributed by atoms with E-state index in [0.717, 1.165) is 6.42 Å². The summed E-state index contributed by atoms with van der Waals surface area (Å²) in [6, 6.07) is 5.31. The summed E-state index contributed by atoms with van der Waals surface area (Å²) in [6.07, 6.45) is 3.77. The van der Waals surface area contributed by atoms with Crippen LogP contribution < -0.4 is 0 Å². The van der Waals surface area contributed by atoms with Gasteiger partial charge < -0.3 is 9.64 Å². The summed E-state index contributed by atoms with van der Waals surface area (Å²) in [4.78, 5) is 30.4. The molecule has 0 spiro atoms. The van der Waals surface area contributed by atoms with Crippen molar-refractivity contribution in [3.8, 4) is 0 Å². The highest BCUT2D eigenvalue weighted by Gasteiger charge is 2.29. The summed E-state index contributed by atoms with van der Waals surface area (Å²) >= 11 is 0. The van der Waals surface area contributed by atoms with Crippen molar-refractivity contribution < 1.29 is 14.3 Å². The first-order chi connectivity index (χ1) is 11.0. The van der Waals surface area contributed by atoms with Crippen LogP contribution in [-0.4, -0.2) is 41.0 Å². The van der Waals surface area contributed by atoms with Gasteiger partial charge in [0.25, 0.3) is 5.91 Å². The van der Waals surface area contributed by atoms with Crippen molar-refractivity contribution in [1.29, 1.82) is 0 Å². The van der Waals surface area contributed by atoms with E-state index in [2.05, 4.69) is 18.8 Å². The van der Waals surface area contributed by atoms with Gasteiger partial charge in [0.2, 0.25) is 0 Å². The third kappa shape index (κ3) is 5.05. The van der Waals surface area contributed by atoms with Crippen LogP contribution in [0.25, 0.3) is 0 Å². The Kier molecular flexibility index (Phi) is 6.13. The Balaban J connectivity index is 1.81. The maximum Gasteiger partial charge on any atom is 0.309 e. The Hall–Kier alpha value is -1.91. The molecular formula is C18H26N2O3. The molecule has 2 rings (SSSR count). The summed E-state index contributed by atoms with van der Waals surface area (Å²) in [5, 5.41) is 0. The zero-order valence-corrected chi connectivity index (χ0v) is 14.2. The average molecular weight is 318 g/mol. The maximum atomic E-state index is 12.3. The number of hydrogen-bond acceptors (Lipinski definition) is 4. The quantitative estimate of drug-likeness (QED) is 0.783. The lowest BCUT2D eigenvalue weighted by atomic mass is 9.96. The van der Waals surface area contributed by atoms with Crippen LogP contribution in [0.4, 0.5) is 0 Å². The first-order valence-electron chi connectivity index (χ1n) is 8.38. The van der Waals surface area contributed by atoms with E-state index < -0.39 is 0 Å². The fourth-order valence-electron chi connectivity index (χ4n) is 2.98. The lowest BCUT2D eigenvalue weighted by Gasteiger charge is -2.31. The van der Waals surface area contributed by atoms with E-state index in [4.69, 9.17) is 4.74 Å². The van der Waals surface area contributed by atoms with Crippen LogP contribution in [0, 0.1) is 11.8 Å². The van der Waals surface area contributed by atoms with E-state index >= 15 is 0 Å². The minimum Gasteiger partial charge on any atom is -0.462 e. The van der Waals surface area contributed by atoms with Crippen molar-refractivity contribution in [2.24, 2.45) is 11.8 Å². The van der Waals surface area contributed by atoms with Gasteiger partial charge in [-0.25, -0.2) is 0 Å². The fraction of sp³-hybridized carbons (Fsp3) is 0.611. The summed E-state index contributed by atoms with van der Waals surface area (Å²) in [5.41, 5.74) is 0.457. The second kappa shape index (κ2) is 8.09. The van der Waals surface area contributed by atoms with Crippen LogP contribution in [0.3, 0.4) is 0 Å². The van der Waals surface area contributed by atoms with Gasteiger partial charge >= 0.3 is 5.97 Å². The third-order valence-corrected chi connectivity index (χ3v) is 4.12. The van der Waals surface area contributed by atoms with Gasteiger partial charge in [0.1, 0.15) is 5.69 Å². The molecule has 0 aliphatic carbocycles. The second-order valence-corrected chi connectivity index (χ2v) is 6.66. The van der Waals surface area contributed by atoms with Crippen LogP contribution >= 0.6 is 0 Å². The maximum absolute atomic E-state index is 12.3. The zero-order chi connectivity index (χ0) is 16.8. The molecule has 0 radical (unpaired) electrons. The van der Waals surface area contributed by atoms with Crippen molar-refractivity contribution in [3.63, 3.8) is 0 Å². The molecule has 0 unspecified atom stereocenters. The number of pyridine rings is 1. The van der Waals surface area contributed by atoms with Gasteiger partial charge in [-0.3, -0.25) is 14.6 Å². The number of carbonyl (C=O) groups is 2. The average Bonchev–Trinajstić information content (AvgIpc) is 2.54. The van der Waals surface area contributed by atoms with Crippen LogP contribution in [-0.2, 0) is 9.53 Å². The van der Waals surface area contributed by atoms with Gasteiger partial charge in [0, 0.05) is 19.3 Å². The molecule has 1 aliphatic rings. The van der Waals surface area contributed by atoms with Crippen molar-refractivity contribution in [2.45, 2.75) is 46.1 Å². The number of hydrogen-bond donors (Lipinski definition) is 0. The minimum atomic E-state index is -0.122. The molecule has 126 valence electrons. The molecular weight excluding hydrogens is 292 g/mol. The monoisotopic (exact) mass is 318 g/mol. The summed E-state index contributed by atoms with van der Waals surface area (Å²) in [5.74, 6) is 0.224. The molecule has 1 atom stereocenters. The van der Waals surface area contributed by atoms with E-state index in [9.17, 15) is 9.59 Å². The van der Waals surface area contributed by atoms with Crippen molar-refractivity contribution in [1.82, 2.24) is 9.88 Å². The van der Waals surface area contributed by atoms with Crippen molar-refractivity contribution >= 4 is 11.9 Å². The van der Waals surface area contributed by atoms with Gasteiger partial charge in [0.15, 0.2) is 0 Å². The molecule has 0 N–H and O–H groups in total. The number of piperidine rings is 1. The van der Waals surface area contributed by atoms with Crippen LogP contribution in [0.1, 0.15) is 50.5 Å². The molecule has 1 amide bonds. The normalized spacial score (nSPS) is 17.1. The van der Waals surface area contributed by atoms with Crippen LogP contribution in [0.5, 0.6) is 0 Å². The van der Waals surface area contributed by atoms with E-state index in [1.807, 2.05) is 6.92 Å². The number of nitrogens with zero attached hydrogens (tertiary/aromatic N) is 2. The van der Waals surface area contributed by atoms with Gasteiger partial charge in [-0.1, -0.05) is 19.9 Å². The SMILES string of the molecule is CC(C)C[C@@H](C)OC(=O)C1CCN(C(=O)c2ccccn2)CC1. The second-order valence-electron chi connectivity index (χ2n) is 6.66. The lowest BCUT2D eigenvalue weighted by molar-refractivity contribution is -0.155. The number of rotatable bonds is 5. The van der Waals surface area contributed by atoms with E-state index in [1.165, 1.54) is 0 Å². The molecule has 1 aliphatic heterocycles. The van der Waals surface area contributed by atoms with E-state index in [1.54, 1.807) is 29.3 Å². The predicted molar refractivity (Wildman–Crippen MR) is 87.9 cm³/mol. The van der Waals surface area contributed by atoms with Crippen LogP contribution in [0.15, 0.2) is 24.4 Å². The highest BCUT2D eigenvalue weighted by atomic mass is 16.5. The minimum absolute atomic E-state index is 0.0457. The van der Waals surface area contributed by atoms with Gasteiger partial charge in [-0.15, -0.1) is 0 Å². The number of carbonyl (C=O) groups excluding carboxylic acids is 2. The molecule has 5 nitrogen and oxygen atoms in total. The molecule has 0 saturated carbocycles. The molecule has 5 heteroatoms. The Morgan fingerprint density at radius 3 is 2.52 bits per heavy atom. The summed E-state index contributed by atoms with van der Waals surface area (Å²) in [6.45, 7) is 7.33. The first-order valence-corrected chi connectivity index (χ1v) is 8.38. The van der Waals surface area contributed by atoms with Crippen molar-refractivity contribution in [3.05, 3.63) is 30.1 Å². The molecule has 1 aromatic rings. The number of aromatic nitrogens is 1. The van der Waals surface area contributed by atoms with Gasteiger partial charge in [-0.2, -0.15) is 0 Å². The first kappa shape index (κ1) is 17.4. The smallest absolute Gasteiger partial charge is 0.309 e.